The molecule has 0 aliphatic carbocycles. The van der Waals surface area contributed by atoms with Gasteiger partial charge in [0.05, 0.1) is 0 Å². The predicted octanol–water partition coefficient (Wildman–Crippen LogP) is 2.26. The van der Waals surface area contributed by atoms with Crippen LogP contribution in [0.4, 0.5) is 5.69 Å². The fraction of sp³-hybridized carbons (Fsp3) is 0.455. The molecule has 0 N–H and O–H groups in total. The Morgan fingerprint density at radius 3 is 3.33 bits per heavy atom. The highest BCUT2D eigenvalue weighted by atomic mass is 15.1. The summed E-state index contributed by atoms with van der Waals surface area (Å²) in [6, 6.07) is 9.45. The smallest absolute Gasteiger partial charge is 0.0399 e. The van der Waals surface area contributed by atoms with Crippen LogP contribution >= 0.6 is 0 Å². The predicted molar refractivity (Wildman–Crippen MR) is 51.5 cm³/mol. The lowest BCUT2D eigenvalue weighted by atomic mass is 10.0. The van der Waals surface area contributed by atoms with Crippen molar-refractivity contribution in [2.24, 2.45) is 0 Å². The maximum Gasteiger partial charge on any atom is 0.0399 e. The molecule has 1 heterocycles. The van der Waals surface area contributed by atoms with E-state index in [2.05, 4.69) is 30.0 Å². The minimum atomic E-state index is 1.12. The summed E-state index contributed by atoms with van der Waals surface area (Å²) in [5, 5.41) is 0. The third-order valence-electron chi connectivity index (χ3n) is 2.52. The minimum absolute atomic E-state index is 1.12. The Labute approximate surface area is 74.0 Å². The van der Waals surface area contributed by atoms with Gasteiger partial charge < -0.3 is 4.90 Å². The molecular formula is C11H14N. The van der Waals surface area contributed by atoms with E-state index in [-0.39, 0.29) is 0 Å². The van der Waals surface area contributed by atoms with E-state index < -0.39 is 0 Å². The Kier molecular flexibility index (Phi) is 2.03. The Balaban J connectivity index is 2.37. The highest BCUT2D eigenvalue weighted by Gasteiger charge is 2.13. The Morgan fingerprint density at radius 1 is 1.58 bits per heavy atom. The van der Waals surface area contributed by atoms with Crippen molar-refractivity contribution in [2.75, 3.05) is 18.0 Å². The molecule has 1 aromatic carbocycles. The average Bonchev–Trinajstić information content (AvgIpc) is 2.17. The lowest BCUT2D eigenvalue weighted by molar-refractivity contribution is 0.708. The molecule has 0 unspecified atom stereocenters. The van der Waals surface area contributed by atoms with E-state index in [1.807, 2.05) is 6.07 Å². The van der Waals surface area contributed by atoms with Gasteiger partial charge in [0, 0.05) is 18.8 Å². The van der Waals surface area contributed by atoms with Gasteiger partial charge in [-0.05, 0) is 43.5 Å². The molecule has 1 aliphatic heterocycles. The van der Waals surface area contributed by atoms with Crippen LogP contribution < -0.4 is 4.90 Å². The van der Waals surface area contributed by atoms with Crippen LogP contribution in [-0.2, 0) is 6.42 Å². The van der Waals surface area contributed by atoms with Crippen LogP contribution in [0.2, 0.25) is 0 Å². The maximum absolute atomic E-state index is 3.14. The summed E-state index contributed by atoms with van der Waals surface area (Å²) in [6.45, 7) is 4.55. The van der Waals surface area contributed by atoms with Gasteiger partial charge in [-0.2, -0.15) is 0 Å². The molecule has 1 aromatic rings. The molecule has 0 fully saturated rings. The Hall–Kier alpha value is -0.980. The van der Waals surface area contributed by atoms with Crippen molar-refractivity contribution in [1.29, 1.82) is 0 Å². The first kappa shape index (κ1) is 7.66. The molecule has 12 heavy (non-hydrogen) atoms. The third kappa shape index (κ3) is 1.20. The SMILES string of the molecule is CCN1CCCc2c[c]ccc21. The molecule has 0 spiro atoms. The minimum Gasteiger partial charge on any atom is -0.372 e. The molecule has 0 saturated carbocycles. The summed E-state index contributed by atoms with van der Waals surface area (Å²) in [5.74, 6) is 0. The van der Waals surface area contributed by atoms with Crippen molar-refractivity contribution in [2.45, 2.75) is 19.8 Å². The van der Waals surface area contributed by atoms with E-state index in [0.29, 0.717) is 0 Å². The summed E-state index contributed by atoms with van der Waals surface area (Å²) in [6.07, 6.45) is 2.52. The normalized spacial score (nSPS) is 15.9. The Morgan fingerprint density at radius 2 is 2.50 bits per heavy atom. The number of hydrogen-bond acceptors (Lipinski definition) is 1. The molecule has 0 amide bonds. The van der Waals surface area contributed by atoms with Crippen molar-refractivity contribution in [3.05, 3.63) is 29.8 Å². The van der Waals surface area contributed by atoms with Crippen LogP contribution in [0.5, 0.6) is 0 Å². The molecule has 1 radical (unpaired) electrons. The highest BCUT2D eigenvalue weighted by Crippen LogP contribution is 2.25. The second-order valence-electron chi connectivity index (χ2n) is 3.24. The number of aryl methyl sites for hydroxylation is 1. The number of benzene rings is 1. The van der Waals surface area contributed by atoms with Crippen LogP contribution in [-0.4, -0.2) is 13.1 Å². The van der Waals surface area contributed by atoms with E-state index in [1.165, 1.54) is 30.6 Å². The highest BCUT2D eigenvalue weighted by molar-refractivity contribution is 5.54. The molecule has 1 heteroatoms. The summed E-state index contributed by atoms with van der Waals surface area (Å²) < 4.78 is 0. The number of rotatable bonds is 1. The van der Waals surface area contributed by atoms with Gasteiger partial charge in [-0.15, -0.1) is 0 Å². The lowest BCUT2D eigenvalue weighted by Crippen LogP contribution is -2.28. The molecule has 0 bridgehead atoms. The monoisotopic (exact) mass is 160 g/mol. The molecule has 1 aliphatic rings. The van der Waals surface area contributed by atoms with E-state index in [0.717, 1.165) is 6.54 Å². The number of fused-ring (bicyclic) bond motifs is 1. The molecule has 0 aromatic heterocycles. The average molecular weight is 160 g/mol. The van der Waals surface area contributed by atoms with Gasteiger partial charge in [-0.3, -0.25) is 0 Å². The molecular weight excluding hydrogens is 146 g/mol. The van der Waals surface area contributed by atoms with E-state index in [9.17, 15) is 0 Å². The largest absolute Gasteiger partial charge is 0.372 e. The van der Waals surface area contributed by atoms with Gasteiger partial charge in [0.2, 0.25) is 0 Å². The van der Waals surface area contributed by atoms with Crippen LogP contribution in [0.25, 0.3) is 0 Å². The van der Waals surface area contributed by atoms with Gasteiger partial charge >= 0.3 is 0 Å². The fourth-order valence-electron chi connectivity index (χ4n) is 1.87. The first-order valence-electron chi connectivity index (χ1n) is 4.65. The third-order valence-corrected chi connectivity index (χ3v) is 2.52. The van der Waals surface area contributed by atoms with Crippen LogP contribution in [0.1, 0.15) is 18.9 Å². The van der Waals surface area contributed by atoms with E-state index in [1.54, 1.807) is 0 Å². The quantitative estimate of drug-likeness (QED) is 0.609. The summed E-state index contributed by atoms with van der Waals surface area (Å²) >= 11 is 0. The molecule has 0 saturated heterocycles. The molecule has 0 atom stereocenters. The zero-order valence-corrected chi connectivity index (χ0v) is 7.51. The standard InChI is InChI=1S/C11H14N/c1-2-12-9-5-7-10-6-3-4-8-11(10)12/h4,6,8H,2,5,7,9H2,1H3. The number of hydrogen-bond donors (Lipinski definition) is 0. The topological polar surface area (TPSA) is 3.24 Å². The van der Waals surface area contributed by atoms with Gasteiger partial charge in [0.25, 0.3) is 0 Å². The maximum atomic E-state index is 3.14. The first-order valence-corrected chi connectivity index (χ1v) is 4.65. The summed E-state index contributed by atoms with van der Waals surface area (Å²) in [7, 11) is 0. The fourth-order valence-corrected chi connectivity index (χ4v) is 1.87. The number of nitrogens with zero attached hydrogens (tertiary/aromatic N) is 1. The van der Waals surface area contributed by atoms with Gasteiger partial charge in [0.1, 0.15) is 0 Å². The Bertz CT molecular complexity index is 267. The van der Waals surface area contributed by atoms with Crippen molar-refractivity contribution in [3.63, 3.8) is 0 Å². The van der Waals surface area contributed by atoms with Gasteiger partial charge in [0.15, 0.2) is 0 Å². The van der Waals surface area contributed by atoms with Crippen LogP contribution in [0.15, 0.2) is 18.2 Å². The van der Waals surface area contributed by atoms with E-state index in [4.69, 9.17) is 0 Å². The van der Waals surface area contributed by atoms with Gasteiger partial charge in [-0.25, -0.2) is 0 Å². The van der Waals surface area contributed by atoms with Crippen molar-refractivity contribution >= 4 is 5.69 Å². The lowest BCUT2D eigenvalue weighted by Gasteiger charge is -2.29. The van der Waals surface area contributed by atoms with Crippen molar-refractivity contribution < 1.29 is 0 Å². The first-order chi connectivity index (χ1) is 5.92. The summed E-state index contributed by atoms with van der Waals surface area (Å²) in [5.41, 5.74) is 2.88. The number of anilines is 1. The van der Waals surface area contributed by atoms with Gasteiger partial charge in [-0.1, -0.05) is 6.07 Å². The zero-order chi connectivity index (χ0) is 8.39. The summed E-state index contributed by atoms with van der Waals surface area (Å²) in [4.78, 5) is 2.44. The second-order valence-corrected chi connectivity index (χ2v) is 3.24. The van der Waals surface area contributed by atoms with Crippen molar-refractivity contribution in [3.8, 4) is 0 Å². The van der Waals surface area contributed by atoms with Crippen LogP contribution in [0.3, 0.4) is 0 Å². The molecule has 63 valence electrons. The second kappa shape index (κ2) is 3.18. The van der Waals surface area contributed by atoms with Crippen LogP contribution in [0, 0.1) is 6.07 Å². The molecule has 1 nitrogen and oxygen atoms in total. The molecule has 2 rings (SSSR count). The van der Waals surface area contributed by atoms with Crippen molar-refractivity contribution in [1.82, 2.24) is 0 Å². The van der Waals surface area contributed by atoms with E-state index >= 15 is 0 Å². The zero-order valence-electron chi connectivity index (χ0n) is 7.51.